The molecule has 0 aliphatic carbocycles. The van der Waals surface area contributed by atoms with Crippen molar-refractivity contribution in [3.05, 3.63) is 0 Å². The summed E-state index contributed by atoms with van der Waals surface area (Å²) in [5.41, 5.74) is 0. The van der Waals surface area contributed by atoms with Crippen molar-refractivity contribution in [1.82, 2.24) is 4.90 Å². The first-order valence-corrected chi connectivity index (χ1v) is 3.28. The quantitative estimate of drug-likeness (QED) is 0.365. The van der Waals surface area contributed by atoms with Crippen molar-refractivity contribution in [2.24, 2.45) is 0 Å². The van der Waals surface area contributed by atoms with Gasteiger partial charge >= 0.3 is 29.6 Å². The summed E-state index contributed by atoms with van der Waals surface area (Å²) in [5, 5.41) is 26.9. The Hall–Kier alpha value is 0.840. The zero-order chi connectivity index (χ0) is 8.31. The van der Waals surface area contributed by atoms with Gasteiger partial charge in [-0.3, -0.25) is 0 Å². The van der Waals surface area contributed by atoms with Gasteiger partial charge < -0.3 is 15.3 Å². The first kappa shape index (κ1) is 14.4. The van der Waals surface area contributed by atoms with E-state index in [9.17, 15) is 0 Å². The molecule has 0 aromatic rings. The van der Waals surface area contributed by atoms with Crippen LogP contribution in [0.25, 0.3) is 0 Å². The molecule has 3 atom stereocenters. The van der Waals surface area contributed by atoms with E-state index < -0.39 is 18.7 Å². The fourth-order valence-electron chi connectivity index (χ4n) is 0.937. The van der Waals surface area contributed by atoms with Crippen molar-refractivity contribution in [2.75, 3.05) is 0 Å². The van der Waals surface area contributed by atoms with Crippen LogP contribution in [0.5, 0.6) is 0 Å². The molecule has 3 unspecified atom stereocenters. The minimum absolute atomic E-state index is 0. The maximum atomic E-state index is 8.96. The number of aliphatic hydroxyl groups is 3. The summed E-state index contributed by atoms with van der Waals surface area (Å²) in [6, 6.07) is 0. The predicted octanol–water partition coefficient (Wildman–Crippen LogP) is -1.35. The van der Waals surface area contributed by atoms with E-state index in [0.717, 1.165) is 0 Å². The Balaban J connectivity index is 0. The summed E-state index contributed by atoms with van der Waals surface area (Å²) < 4.78 is 0. The first-order chi connectivity index (χ1) is 4.46. The van der Waals surface area contributed by atoms with Gasteiger partial charge in [-0.2, -0.15) is 0 Å². The van der Waals surface area contributed by atoms with Crippen LogP contribution in [-0.2, 0) is 0 Å². The molecule has 0 saturated carbocycles. The second-order valence-corrected chi connectivity index (χ2v) is 2.34. The standard InChI is InChI=1S/C6H15NO3.Na.H/c1-4(8)7(5(2)9)6(3)10;;/h4-6,8-10H,1-3H3;;. The Bertz CT molecular complexity index is 78.8. The molecule has 0 aromatic carbocycles. The molecule has 0 aliphatic heterocycles. The molecule has 0 aliphatic rings. The average Bonchev–Trinajstić information content (AvgIpc) is 1.59. The van der Waals surface area contributed by atoms with Gasteiger partial charge in [0.2, 0.25) is 0 Å². The van der Waals surface area contributed by atoms with Crippen LogP contribution in [0, 0.1) is 0 Å². The van der Waals surface area contributed by atoms with E-state index in [0.29, 0.717) is 0 Å². The van der Waals surface area contributed by atoms with Crippen LogP contribution in [-0.4, -0.2) is 68.5 Å². The van der Waals surface area contributed by atoms with Gasteiger partial charge in [-0.25, -0.2) is 4.90 Å². The Morgan fingerprint density at radius 3 is 1.00 bits per heavy atom. The molecule has 0 spiro atoms. The monoisotopic (exact) mass is 173 g/mol. The van der Waals surface area contributed by atoms with Crippen molar-refractivity contribution < 1.29 is 15.3 Å². The van der Waals surface area contributed by atoms with Gasteiger partial charge in [0, 0.05) is 0 Å². The molecule has 0 bridgehead atoms. The van der Waals surface area contributed by atoms with E-state index in [1.165, 1.54) is 25.7 Å². The van der Waals surface area contributed by atoms with E-state index in [2.05, 4.69) is 0 Å². The normalized spacial score (nSPS) is 18.8. The van der Waals surface area contributed by atoms with Crippen LogP contribution >= 0.6 is 0 Å². The maximum absolute atomic E-state index is 8.96. The average molecular weight is 173 g/mol. The number of hydrogen-bond donors (Lipinski definition) is 3. The van der Waals surface area contributed by atoms with E-state index in [1.54, 1.807) is 0 Å². The molecular weight excluding hydrogens is 157 g/mol. The van der Waals surface area contributed by atoms with E-state index in [1.807, 2.05) is 0 Å². The van der Waals surface area contributed by atoms with Crippen molar-refractivity contribution in [2.45, 2.75) is 39.5 Å². The molecule has 0 aromatic heterocycles. The summed E-state index contributed by atoms with van der Waals surface area (Å²) in [7, 11) is 0. The third-order valence-corrected chi connectivity index (χ3v) is 1.29. The van der Waals surface area contributed by atoms with Crippen LogP contribution in [0.1, 0.15) is 20.8 Å². The van der Waals surface area contributed by atoms with Crippen LogP contribution in [0.2, 0.25) is 0 Å². The third-order valence-electron chi connectivity index (χ3n) is 1.29. The molecule has 3 N–H and O–H groups in total. The van der Waals surface area contributed by atoms with Crippen molar-refractivity contribution in [3.8, 4) is 0 Å². The van der Waals surface area contributed by atoms with Crippen molar-refractivity contribution in [3.63, 3.8) is 0 Å². The Morgan fingerprint density at radius 1 is 0.818 bits per heavy atom. The molecule has 0 radical (unpaired) electrons. The topological polar surface area (TPSA) is 63.9 Å². The molecule has 0 fully saturated rings. The van der Waals surface area contributed by atoms with Gasteiger partial charge in [0.05, 0.1) is 0 Å². The molecule has 4 nitrogen and oxygen atoms in total. The Kier molecular flexibility index (Phi) is 8.32. The second kappa shape index (κ2) is 6.37. The third kappa shape index (κ3) is 5.14. The predicted molar refractivity (Wildman–Crippen MR) is 44.0 cm³/mol. The van der Waals surface area contributed by atoms with Gasteiger partial charge in [-0.05, 0) is 20.8 Å². The first-order valence-electron chi connectivity index (χ1n) is 3.28. The van der Waals surface area contributed by atoms with Crippen molar-refractivity contribution >= 4 is 29.6 Å². The van der Waals surface area contributed by atoms with Crippen LogP contribution in [0.3, 0.4) is 0 Å². The molecule has 0 rings (SSSR count). The summed E-state index contributed by atoms with van der Waals surface area (Å²) in [6.45, 7) is 4.46. The molecule has 0 saturated heterocycles. The summed E-state index contributed by atoms with van der Waals surface area (Å²) in [5.74, 6) is 0. The van der Waals surface area contributed by atoms with Gasteiger partial charge in [-0.15, -0.1) is 0 Å². The zero-order valence-corrected chi connectivity index (χ0v) is 6.52. The van der Waals surface area contributed by atoms with Crippen LogP contribution < -0.4 is 0 Å². The Morgan fingerprint density at radius 2 is 1.00 bits per heavy atom. The van der Waals surface area contributed by atoms with Gasteiger partial charge in [0.15, 0.2) is 0 Å². The fraction of sp³-hybridized carbons (Fsp3) is 1.00. The second-order valence-electron chi connectivity index (χ2n) is 2.34. The molecular formula is C6H16NNaO3. The molecule has 5 heteroatoms. The minimum atomic E-state index is -0.833. The number of nitrogens with zero attached hydrogens (tertiary/aromatic N) is 1. The van der Waals surface area contributed by atoms with E-state index in [-0.39, 0.29) is 29.6 Å². The van der Waals surface area contributed by atoms with Gasteiger partial charge in [0.25, 0.3) is 0 Å². The van der Waals surface area contributed by atoms with E-state index in [4.69, 9.17) is 15.3 Å². The zero-order valence-electron chi connectivity index (χ0n) is 6.52. The summed E-state index contributed by atoms with van der Waals surface area (Å²) >= 11 is 0. The van der Waals surface area contributed by atoms with E-state index >= 15 is 0 Å². The number of rotatable bonds is 3. The SMILES string of the molecule is CC(O)N(C(C)O)C(C)O.[NaH]. The summed E-state index contributed by atoms with van der Waals surface area (Å²) in [6.07, 6.45) is -2.50. The number of hydrogen-bond acceptors (Lipinski definition) is 4. The van der Waals surface area contributed by atoms with Gasteiger partial charge in [0.1, 0.15) is 18.7 Å². The van der Waals surface area contributed by atoms with Crippen LogP contribution in [0.15, 0.2) is 0 Å². The van der Waals surface area contributed by atoms with Crippen LogP contribution in [0.4, 0.5) is 0 Å². The molecule has 0 amide bonds. The number of aliphatic hydroxyl groups excluding tert-OH is 3. The molecule has 64 valence electrons. The fourth-order valence-corrected chi connectivity index (χ4v) is 0.937. The molecule has 11 heavy (non-hydrogen) atoms. The van der Waals surface area contributed by atoms with Crippen molar-refractivity contribution in [1.29, 1.82) is 0 Å². The summed E-state index contributed by atoms with van der Waals surface area (Å²) in [4.78, 5) is 1.17. The Labute approximate surface area is 89.1 Å². The van der Waals surface area contributed by atoms with Gasteiger partial charge in [-0.1, -0.05) is 0 Å². The molecule has 0 heterocycles.